The molecule has 0 bridgehead atoms. The molecule has 0 saturated heterocycles. The van der Waals surface area contributed by atoms with E-state index in [1.54, 1.807) is 30.5 Å². The summed E-state index contributed by atoms with van der Waals surface area (Å²) in [4.78, 5) is 15.6. The van der Waals surface area contributed by atoms with E-state index in [2.05, 4.69) is 4.98 Å². The zero-order valence-electron chi connectivity index (χ0n) is 10.9. The first-order valence-electron chi connectivity index (χ1n) is 6.24. The Hall–Kier alpha value is -2.62. The van der Waals surface area contributed by atoms with Gasteiger partial charge in [-0.15, -0.1) is 0 Å². The van der Waals surface area contributed by atoms with Crippen molar-refractivity contribution < 1.29 is 9.18 Å². The Bertz CT molecular complexity index is 820. The lowest BCUT2D eigenvalue weighted by atomic mass is 9.98. The molecule has 0 atom stereocenters. The second-order valence-corrected chi connectivity index (χ2v) is 4.80. The molecule has 2 aromatic carbocycles. The van der Waals surface area contributed by atoms with E-state index in [9.17, 15) is 9.18 Å². The van der Waals surface area contributed by atoms with Crippen molar-refractivity contribution in [1.82, 2.24) is 4.98 Å². The third-order valence-corrected chi connectivity index (χ3v) is 3.39. The van der Waals surface area contributed by atoms with Gasteiger partial charge in [-0.2, -0.15) is 0 Å². The SMILES string of the molecule is Cc1ccc(N)cc1C(=O)c1c[nH]c2ccc(F)cc12. The molecule has 0 saturated carbocycles. The fourth-order valence-corrected chi connectivity index (χ4v) is 2.31. The maximum Gasteiger partial charge on any atom is 0.195 e. The number of benzene rings is 2. The van der Waals surface area contributed by atoms with E-state index in [0.717, 1.165) is 11.1 Å². The quantitative estimate of drug-likeness (QED) is 0.552. The van der Waals surface area contributed by atoms with Gasteiger partial charge >= 0.3 is 0 Å². The number of H-pyrrole nitrogens is 1. The Labute approximate surface area is 115 Å². The highest BCUT2D eigenvalue weighted by Gasteiger charge is 2.16. The first kappa shape index (κ1) is 12.4. The minimum absolute atomic E-state index is 0.161. The number of rotatable bonds is 2. The second-order valence-electron chi connectivity index (χ2n) is 4.80. The average Bonchev–Trinajstić information content (AvgIpc) is 2.83. The standard InChI is InChI=1S/C16H13FN2O/c1-9-2-4-11(18)7-12(9)16(20)14-8-19-15-5-3-10(17)6-13(14)15/h2-8,19H,18H2,1H3. The molecule has 20 heavy (non-hydrogen) atoms. The fourth-order valence-electron chi connectivity index (χ4n) is 2.31. The number of nitrogen functional groups attached to an aromatic ring is 1. The number of carbonyl (C=O) groups is 1. The largest absolute Gasteiger partial charge is 0.399 e. The Kier molecular flexibility index (Phi) is 2.79. The van der Waals surface area contributed by atoms with Crippen molar-refractivity contribution in [2.24, 2.45) is 0 Å². The van der Waals surface area contributed by atoms with E-state index < -0.39 is 0 Å². The van der Waals surface area contributed by atoms with Crippen LogP contribution in [0.3, 0.4) is 0 Å². The molecule has 0 aliphatic carbocycles. The number of halogens is 1. The van der Waals surface area contributed by atoms with Crippen molar-refractivity contribution >= 4 is 22.4 Å². The number of aromatic nitrogens is 1. The number of aryl methyl sites for hydroxylation is 1. The number of nitrogens with one attached hydrogen (secondary N) is 1. The van der Waals surface area contributed by atoms with Crippen LogP contribution in [0.15, 0.2) is 42.6 Å². The second kappa shape index (κ2) is 4.49. The molecular weight excluding hydrogens is 255 g/mol. The van der Waals surface area contributed by atoms with E-state index >= 15 is 0 Å². The minimum Gasteiger partial charge on any atom is -0.399 e. The molecule has 0 unspecified atom stereocenters. The van der Waals surface area contributed by atoms with Crippen molar-refractivity contribution in [1.29, 1.82) is 0 Å². The van der Waals surface area contributed by atoms with Crippen molar-refractivity contribution in [3.63, 3.8) is 0 Å². The highest BCUT2D eigenvalue weighted by atomic mass is 19.1. The summed E-state index contributed by atoms with van der Waals surface area (Å²) in [6, 6.07) is 9.54. The molecule has 3 rings (SSSR count). The van der Waals surface area contributed by atoms with Crippen molar-refractivity contribution in [3.8, 4) is 0 Å². The summed E-state index contributed by atoms with van der Waals surface area (Å²) in [5.74, 6) is -0.526. The van der Waals surface area contributed by atoms with E-state index in [-0.39, 0.29) is 11.6 Å². The lowest BCUT2D eigenvalue weighted by Crippen LogP contribution is -2.04. The van der Waals surface area contributed by atoms with Gasteiger partial charge in [-0.25, -0.2) is 4.39 Å². The van der Waals surface area contributed by atoms with Crippen LogP contribution < -0.4 is 5.73 Å². The zero-order chi connectivity index (χ0) is 14.3. The number of fused-ring (bicyclic) bond motifs is 1. The van der Waals surface area contributed by atoms with Gasteiger partial charge in [0, 0.05) is 33.9 Å². The zero-order valence-corrected chi connectivity index (χ0v) is 10.9. The van der Waals surface area contributed by atoms with Crippen LogP contribution in [0.25, 0.3) is 10.9 Å². The number of hydrogen-bond donors (Lipinski definition) is 2. The van der Waals surface area contributed by atoms with Gasteiger partial charge in [0.1, 0.15) is 5.82 Å². The van der Waals surface area contributed by atoms with Crippen LogP contribution in [0.1, 0.15) is 21.5 Å². The molecule has 0 aliphatic heterocycles. The highest BCUT2D eigenvalue weighted by Crippen LogP contribution is 2.24. The van der Waals surface area contributed by atoms with Crippen LogP contribution in [0.4, 0.5) is 10.1 Å². The topological polar surface area (TPSA) is 58.9 Å². The van der Waals surface area contributed by atoms with Gasteiger partial charge in [-0.05, 0) is 42.8 Å². The molecule has 3 aromatic rings. The molecule has 3 N–H and O–H groups in total. The van der Waals surface area contributed by atoms with Gasteiger partial charge in [0.05, 0.1) is 0 Å². The molecule has 0 fully saturated rings. The molecule has 3 nitrogen and oxygen atoms in total. The Balaban J connectivity index is 2.17. The van der Waals surface area contributed by atoms with Gasteiger partial charge in [0.15, 0.2) is 5.78 Å². The van der Waals surface area contributed by atoms with Gasteiger partial charge in [0.2, 0.25) is 0 Å². The molecule has 4 heteroatoms. The molecule has 100 valence electrons. The summed E-state index contributed by atoms with van der Waals surface area (Å²) in [6.07, 6.45) is 1.61. The summed E-state index contributed by atoms with van der Waals surface area (Å²) in [6.45, 7) is 1.85. The molecular formula is C16H13FN2O. The van der Waals surface area contributed by atoms with Gasteiger partial charge in [0.25, 0.3) is 0 Å². The van der Waals surface area contributed by atoms with Gasteiger partial charge in [-0.1, -0.05) is 6.07 Å². The summed E-state index contributed by atoms with van der Waals surface area (Å²) in [7, 11) is 0. The number of carbonyl (C=O) groups excluding carboxylic acids is 1. The van der Waals surface area contributed by atoms with E-state index in [4.69, 9.17) is 5.73 Å². The number of ketones is 1. The Morgan fingerprint density at radius 1 is 1.15 bits per heavy atom. The predicted molar refractivity (Wildman–Crippen MR) is 77.3 cm³/mol. The van der Waals surface area contributed by atoms with Crippen LogP contribution in [0, 0.1) is 12.7 Å². The highest BCUT2D eigenvalue weighted by molar-refractivity contribution is 6.17. The van der Waals surface area contributed by atoms with E-state index in [1.165, 1.54) is 12.1 Å². The van der Waals surface area contributed by atoms with E-state index in [1.807, 2.05) is 6.92 Å². The van der Waals surface area contributed by atoms with Crippen LogP contribution in [0.2, 0.25) is 0 Å². The summed E-state index contributed by atoms with van der Waals surface area (Å²) in [5.41, 5.74) is 8.83. The number of hydrogen-bond acceptors (Lipinski definition) is 2. The van der Waals surface area contributed by atoms with Gasteiger partial charge in [-0.3, -0.25) is 4.79 Å². The Morgan fingerprint density at radius 3 is 2.75 bits per heavy atom. The van der Waals surface area contributed by atoms with E-state index in [0.29, 0.717) is 22.2 Å². The maximum absolute atomic E-state index is 13.4. The molecule has 1 aromatic heterocycles. The van der Waals surface area contributed by atoms with Crippen molar-refractivity contribution in [2.75, 3.05) is 5.73 Å². The van der Waals surface area contributed by atoms with Crippen LogP contribution >= 0.6 is 0 Å². The molecule has 0 amide bonds. The Morgan fingerprint density at radius 2 is 1.95 bits per heavy atom. The summed E-state index contributed by atoms with van der Waals surface area (Å²) < 4.78 is 13.4. The lowest BCUT2D eigenvalue weighted by Gasteiger charge is -2.05. The monoisotopic (exact) mass is 268 g/mol. The first-order chi connectivity index (χ1) is 9.56. The molecule has 1 heterocycles. The van der Waals surface area contributed by atoms with Crippen LogP contribution in [-0.4, -0.2) is 10.8 Å². The third-order valence-electron chi connectivity index (χ3n) is 3.39. The third kappa shape index (κ3) is 1.95. The summed E-state index contributed by atoms with van der Waals surface area (Å²) in [5, 5.41) is 0.580. The summed E-state index contributed by atoms with van der Waals surface area (Å²) >= 11 is 0. The van der Waals surface area contributed by atoms with Crippen LogP contribution in [0.5, 0.6) is 0 Å². The fraction of sp³-hybridized carbons (Fsp3) is 0.0625. The minimum atomic E-state index is -0.365. The first-order valence-corrected chi connectivity index (χ1v) is 6.24. The average molecular weight is 268 g/mol. The van der Waals surface area contributed by atoms with Crippen LogP contribution in [-0.2, 0) is 0 Å². The lowest BCUT2D eigenvalue weighted by molar-refractivity contribution is 0.104. The molecule has 0 spiro atoms. The molecule has 0 aliphatic rings. The maximum atomic E-state index is 13.4. The number of aromatic amines is 1. The normalized spacial score (nSPS) is 10.9. The molecule has 0 radical (unpaired) electrons. The number of nitrogens with two attached hydrogens (primary N) is 1. The van der Waals surface area contributed by atoms with Crippen molar-refractivity contribution in [3.05, 3.63) is 65.1 Å². The van der Waals surface area contributed by atoms with Crippen molar-refractivity contribution in [2.45, 2.75) is 6.92 Å². The van der Waals surface area contributed by atoms with Gasteiger partial charge < -0.3 is 10.7 Å². The smallest absolute Gasteiger partial charge is 0.195 e. The predicted octanol–water partition coefficient (Wildman–Crippen LogP) is 3.43. The number of anilines is 1.